The van der Waals surface area contributed by atoms with Crippen molar-refractivity contribution in [2.24, 2.45) is 4.99 Å². The number of nitrogens with zero attached hydrogens (tertiary/aromatic N) is 1. The first-order valence-corrected chi connectivity index (χ1v) is 8.32. The molecule has 20 heavy (non-hydrogen) atoms. The molecule has 0 spiro atoms. The Bertz CT molecular complexity index is 753. The van der Waals surface area contributed by atoms with Gasteiger partial charge in [-0.05, 0) is 24.3 Å². The number of benzene rings is 2. The molecule has 0 unspecified atom stereocenters. The van der Waals surface area contributed by atoms with E-state index in [0.29, 0.717) is 16.3 Å². The highest BCUT2D eigenvalue weighted by Crippen LogP contribution is 2.25. The first-order chi connectivity index (χ1) is 9.38. The zero-order valence-electron chi connectivity index (χ0n) is 10.5. The maximum atomic E-state index is 11.4. The minimum absolute atomic E-state index is 0.239. The molecule has 0 amide bonds. The molecule has 0 aliphatic rings. The van der Waals surface area contributed by atoms with E-state index in [4.69, 9.17) is 23.2 Å². The van der Waals surface area contributed by atoms with Crippen LogP contribution in [-0.4, -0.2) is 19.8 Å². The molecule has 2 rings (SSSR count). The van der Waals surface area contributed by atoms with E-state index < -0.39 is 9.84 Å². The Morgan fingerprint density at radius 1 is 1.05 bits per heavy atom. The van der Waals surface area contributed by atoms with Gasteiger partial charge < -0.3 is 0 Å². The van der Waals surface area contributed by atoms with E-state index in [0.717, 1.165) is 6.26 Å². The topological polar surface area (TPSA) is 46.5 Å². The molecule has 104 valence electrons. The third kappa shape index (κ3) is 3.60. The minimum Gasteiger partial charge on any atom is -0.235 e. The number of hydrogen-bond acceptors (Lipinski definition) is 3. The quantitative estimate of drug-likeness (QED) is 0.798. The number of hydrogen-bond donors (Lipinski definition) is 0. The van der Waals surface area contributed by atoms with Crippen LogP contribution in [0.5, 0.6) is 0 Å². The second-order valence-corrected chi connectivity index (χ2v) is 6.93. The zero-order valence-corrected chi connectivity index (χ0v) is 12.9. The summed E-state index contributed by atoms with van der Waals surface area (Å²) in [4.78, 5) is 4.46. The average molecular weight is 328 g/mol. The molecule has 0 atom stereocenters. The molecular formula is C14H11Cl2NO2S. The molecule has 2 aromatic rings. The zero-order chi connectivity index (χ0) is 14.8. The van der Waals surface area contributed by atoms with Crippen LogP contribution in [0.4, 0.5) is 5.69 Å². The van der Waals surface area contributed by atoms with Gasteiger partial charge in [0, 0.05) is 11.8 Å². The van der Waals surface area contributed by atoms with Crippen LogP contribution in [-0.2, 0) is 9.84 Å². The lowest BCUT2D eigenvalue weighted by atomic mass is 10.2. The number of sulfone groups is 1. The number of para-hydroxylation sites is 1. The van der Waals surface area contributed by atoms with Gasteiger partial charge in [0.1, 0.15) is 5.17 Å². The standard InChI is InChI=1S/C14H11Cl2NO2S/c1-20(18,19)11-8-6-10(7-9-11)14(16)17-13-5-3-2-4-12(13)15/h2-9H,1H3. The fraction of sp³-hybridized carbons (Fsp3) is 0.0714. The van der Waals surface area contributed by atoms with Crippen molar-refractivity contribution in [2.75, 3.05) is 6.26 Å². The van der Waals surface area contributed by atoms with Crippen LogP contribution in [0, 0.1) is 0 Å². The van der Waals surface area contributed by atoms with Gasteiger partial charge in [-0.3, -0.25) is 0 Å². The van der Waals surface area contributed by atoms with E-state index in [1.165, 1.54) is 12.1 Å². The number of rotatable bonds is 3. The summed E-state index contributed by atoms with van der Waals surface area (Å²) < 4.78 is 22.7. The van der Waals surface area contributed by atoms with Gasteiger partial charge in [-0.15, -0.1) is 0 Å². The fourth-order valence-corrected chi connectivity index (χ4v) is 2.58. The minimum atomic E-state index is -3.21. The van der Waals surface area contributed by atoms with E-state index in [1.54, 1.807) is 30.3 Å². The van der Waals surface area contributed by atoms with E-state index in [9.17, 15) is 8.42 Å². The molecule has 3 nitrogen and oxygen atoms in total. The molecule has 0 heterocycles. The highest BCUT2D eigenvalue weighted by atomic mass is 35.5. The van der Waals surface area contributed by atoms with Crippen LogP contribution in [0.2, 0.25) is 5.02 Å². The van der Waals surface area contributed by atoms with Crippen LogP contribution >= 0.6 is 23.2 Å². The first kappa shape index (κ1) is 15.0. The molecule has 2 aromatic carbocycles. The maximum Gasteiger partial charge on any atom is 0.175 e. The lowest BCUT2D eigenvalue weighted by Gasteiger charge is -2.02. The second-order valence-electron chi connectivity index (χ2n) is 4.15. The molecular weight excluding hydrogens is 317 g/mol. The van der Waals surface area contributed by atoms with Gasteiger partial charge in [-0.25, -0.2) is 13.4 Å². The summed E-state index contributed by atoms with van der Waals surface area (Å²) in [5.41, 5.74) is 1.19. The maximum absolute atomic E-state index is 11.4. The summed E-state index contributed by atoms with van der Waals surface area (Å²) in [6, 6.07) is 13.3. The van der Waals surface area contributed by atoms with Crippen LogP contribution in [0.3, 0.4) is 0 Å². The highest BCUT2D eigenvalue weighted by molar-refractivity contribution is 7.90. The smallest absolute Gasteiger partial charge is 0.175 e. The Morgan fingerprint density at radius 3 is 2.20 bits per heavy atom. The summed E-state index contributed by atoms with van der Waals surface area (Å²) in [7, 11) is -3.21. The molecule has 0 bridgehead atoms. The van der Waals surface area contributed by atoms with E-state index in [2.05, 4.69) is 4.99 Å². The normalized spacial score (nSPS) is 12.4. The lowest BCUT2D eigenvalue weighted by Crippen LogP contribution is -1.98. The van der Waals surface area contributed by atoms with Crippen molar-refractivity contribution in [1.29, 1.82) is 0 Å². The van der Waals surface area contributed by atoms with Crippen molar-refractivity contribution in [2.45, 2.75) is 4.90 Å². The van der Waals surface area contributed by atoms with Crippen molar-refractivity contribution < 1.29 is 8.42 Å². The van der Waals surface area contributed by atoms with Crippen molar-refractivity contribution >= 4 is 43.9 Å². The predicted molar refractivity (Wildman–Crippen MR) is 83.1 cm³/mol. The predicted octanol–water partition coefficient (Wildman–Crippen LogP) is 4.06. The third-order valence-electron chi connectivity index (χ3n) is 2.59. The second kappa shape index (κ2) is 5.95. The average Bonchev–Trinajstić information content (AvgIpc) is 2.40. The largest absolute Gasteiger partial charge is 0.235 e. The van der Waals surface area contributed by atoms with E-state index >= 15 is 0 Å². The van der Waals surface area contributed by atoms with Gasteiger partial charge in [-0.2, -0.15) is 0 Å². The third-order valence-corrected chi connectivity index (χ3v) is 4.34. The number of aliphatic imine (C=N–C) groups is 1. The molecule has 0 aliphatic carbocycles. The van der Waals surface area contributed by atoms with Gasteiger partial charge in [0.2, 0.25) is 0 Å². The summed E-state index contributed by atoms with van der Waals surface area (Å²) in [6.45, 7) is 0. The molecule has 0 saturated carbocycles. The van der Waals surface area contributed by atoms with Crippen LogP contribution in [0.1, 0.15) is 5.56 Å². The van der Waals surface area contributed by atoms with E-state index in [-0.39, 0.29) is 10.1 Å². The van der Waals surface area contributed by atoms with Crippen LogP contribution in [0.25, 0.3) is 0 Å². The lowest BCUT2D eigenvalue weighted by molar-refractivity contribution is 0.602. The van der Waals surface area contributed by atoms with Crippen LogP contribution < -0.4 is 0 Å². The Morgan fingerprint density at radius 2 is 1.65 bits per heavy atom. The molecule has 0 saturated heterocycles. The Balaban J connectivity index is 2.35. The van der Waals surface area contributed by atoms with Gasteiger partial charge >= 0.3 is 0 Å². The molecule has 0 fully saturated rings. The Kier molecular flexibility index (Phi) is 4.48. The highest BCUT2D eigenvalue weighted by Gasteiger charge is 2.08. The van der Waals surface area contributed by atoms with Gasteiger partial charge in [0.05, 0.1) is 15.6 Å². The summed E-state index contributed by atoms with van der Waals surface area (Å²) in [5.74, 6) is 0. The molecule has 0 radical (unpaired) electrons. The summed E-state index contributed by atoms with van der Waals surface area (Å²) >= 11 is 12.1. The monoisotopic (exact) mass is 327 g/mol. The SMILES string of the molecule is CS(=O)(=O)c1ccc(C(Cl)=Nc2ccccc2Cl)cc1. The number of halogens is 2. The van der Waals surface area contributed by atoms with Crippen molar-refractivity contribution in [3.05, 3.63) is 59.1 Å². The molecule has 0 N–H and O–H groups in total. The van der Waals surface area contributed by atoms with Gasteiger partial charge in [0.15, 0.2) is 9.84 Å². The Labute approximate surface area is 127 Å². The van der Waals surface area contributed by atoms with Gasteiger partial charge in [-0.1, -0.05) is 47.5 Å². The van der Waals surface area contributed by atoms with Gasteiger partial charge in [0.25, 0.3) is 0 Å². The molecule has 0 aromatic heterocycles. The first-order valence-electron chi connectivity index (χ1n) is 5.67. The summed E-state index contributed by atoms with van der Waals surface area (Å²) in [5, 5.41) is 0.747. The summed E-state index contributed by atoms with van der Waals surface area (Å²) in [6.07, 6.45) is 1.15. The molecule has 0 aliphatic heterocycles. The van der Waals surface area contributed by atoms with Crippen molar-refractivity contribution in [1.82, 2.24) is 0 Å². The van der Waals surface area contributed by atoms with E-state index in [1.807, 2.05) is 6.07 Å². The van der Waals surface area contributed by atoms with Crippen LogP contribution in [0.15, 0.2) is 58.4 Å². The fourth-order valence-electron chi connectivity index (χ4n) is 1.55. The molecule has 6 heteroatoms. The van der Waals surface area contributed by atoms with Crippen molar-refractivity contribution in [3.8, 4) is 0 Å². The van der Waals surface area contributed by atoms with Crippen molar-refractivity contribution in [3.63, 3.8) is 0 Å². The Hall–Kier alpha value is -1.36.